The van der Waals surface area contributed by atoms with Gasteiger partial charge in [-0.05, 0) is 66.8 Å². The van der Waals surface area contributed by atoms with E-state index in [1.807, 2.05) is 107 Å². The minimum atomic E-state index is -1.06. The van der Waals surface area contributed by atoms with Crippen molar-refractivity contribution in [3.63, 3.8) is 0 Å². The van der Waals surface area contributed by atoms with Crippen LogP contribution in [0.1, 0.15) is 54.5 Å². The monoisotopic (exact) mass is 642 g/mol. The molecule has 4 rings (SSSR count). The van der Waals surface area contributed by atoms with Crippen LogP contribution in [-0.4, -0.2) is 64.7 Å². The Labute approximate surface area is 276 Å². The van der Waals surface area contributed by atoms with E-state index in [4.69, 9.17) is 4.74 Å². The maximum atomic E-state index is 13.8. The van der Waals surface area contributed by atoms with E-state index in [1.165, 1.54) is 4.90 Å². The van der Waals surface area contributed by atoms with E-state index in [1.54, 1.807) is 0 Å². The first-order chi connectivity index (χ1) is 22.5. The fourth-order valence-corrected chi connectivity index (χ4v) is 6.04. The predicted octanol–water partition coefficient (Wildman–Crippen LogP) is 4.59. The Hall–Kier alpha value is -4.70. The van der Waals surface area contributed by atoms with Crippen molar-refractivity contribution in [2.75, 3.05) is 6.54 Å². The lowest BCUT2D eigenvalue weighted by Crippen LogP contribution is -2.60. The number of urea groups is 1. The molecule has 0 spiro atoms. The summed E-state index contributed by atoms with van der Waals surface area (Å²) < 4.78 is 5.62. The highest BCUT2D eigenvalue weighted by molar-refractivity contribution is 5.99. The smallest absolute Gasteiger partial charge is 0.407 e. The number of imide groups is 1. The molecule has 10 heteroatoms. The number of nitrogens with one attached hydrogen (secondary N) is 3. The van der Waals surface area contributed by atoms with Crippen molar-refractivity contribution in [3.8, 4) is 0 Å². The molecule has 1 fully saturated rings. The zero-order chi connectivity index (χ0) is 33.9. The highest BCUT2D eigenvalue weighted by Gasteiger charge is 2.37. The van der Waals surface area contributed by atoms with Gasteiger partial charge in [0, 0.05) is 19.0 Å². The van der Waals surface area contributed by atoms with E-state index in [0.29, 0.717) is 12.8 Å². The van der Waals surface area contributed by atoms with Crippen LogP contribution < -0.4 is 16.0 Å². The van der Waals surface area contributed by atoms with Crippen molar-refractivity contribution in [1.29, 1.82) is 0 Å². The number of benzene rings is 3. The molecule has 0 aromatic heterocycles. The van der Waals surface area contributed by atoms with Gasteiger partial charge in [0.25, 0.3) is 0 Å². The number of aliphatic hydroxyl groups is 1. The van der Waals surface area contributed by atoms with Crippen LogP contribution in [0.3, 0.4) is 0 Å². The Morgan fingerprint density at radius 2 is 1.47 bits per heavy atom. The van der Waals surface area contributed by atoms with Crippen LogP contribution in [0.2, 0.25) is 0 Å². The zero-order valence-corrected chi connectivity index (χ0v) is 27.6. The summed E-state index contributed by atoms with van der Waals surface area (Å²) >= 11 is 0. The largest absolute Gasteiger partial charge is 0.445 e. The molecule has 250 valence electrons. The Kier molecular flexibility index (Phi) is 12.5. The molecule has 0 aliphatic carbocycles. The third-order valence-corrected chi connectivity index (χ3v) is 8.58. The third-order valence-electron chi connectivity index (χ3n) is 8.58. The van der Waals surface area contributed by atoms with Crippen molar-refractivity contribution in [3.05, 3.63) is 107 Å². The summed E-state index contributed by atoms with van der Waals surface area (Å²) in [6.45, 7) is 7.86. The van der Waals surface area contributed by atoms with Crippen molar-refractivity contribution >= 4 is 23.9 Å². The van der Waals surface area contributed by atoms with Gasteiger partial charge in [0.05, 0.1) is 12.1 Å². The minimum absolute atomic E-state index is 0.0947. The van der Waals surface area contributed by atoms with Crippen LogP contribution in [0, 0.1) is 19.8 Å². The summed E-state index contributed by atoms with van der Waals surface area (Å²) in [6.07, 6.45) is -0.741. The van der Waals surface area contributed by atoms with Crippen LogP contribution in [0.15, 0.2) is 78.9 Å². The number of carbonyl (C=O) groups is 4. The van der Waals surface area contributed by atoms with Gasteiger partial charge in [-0.15, -0.1) is 0 Å². The van der Waals surface area contributed by atoms with Gasteiger partial charge in [0.2, 0.25) is 11.8 Å². The van der Waals surface area contributed by atoms with Crippen LogP contribution in [0.4, 0.5) is 9.59 Å². The number of aryl methyl sites for hydroxylation is 2. The number of nitrogens with zero attached hydrogens (tertiary/aromatic N) is 1. The zero-order valence-electron chi connectivity index (χ0n) is 27.6. The second-order valence-electron chi connectivity index (χ2n) is 12.6. The Morgan fingerprint density at radius 3 is 2.04 bits per heavy atom. The summed E-state index contributed by atoms with van der Waals surface area (Å²) in [6, 6.07) is 22.3. The molecule has 0 bridgehead atoms. The molecule has 0 saturated carbocycles. The standard InChI is InChI=1S/C37H46N4O6/c1-24(2)34(41-19-18-33(43)40-36(41)45)35(44)38-29(20-27-14-7-5-8-15-27)22-32(42)31(21-28-16-9-6-10-17-28)39-37(46)47-23-30-25(3)12-11-13-26(30)4/h5-17,24,29,31-32,34,42H,18-23H2,1-4H3,(H,38,44)(H,39,46)(H,40,43,45)/t29-,31-,32-,34-/m0/s1. The van der Waals surface area contributed by atoms with Gasteiger partial charge in [0.1, 0.15) is 12.6 Å². The van der Waals surface area contributed by atoms with Crippen LogP contribution in [-0.2, 0) is 33.8 Å². The molecule has 3 aromatic carbocycles. The summed E-state index contributed by atoms with van der Waals surface area (Å²) in [7, 11) is 0. The first-order valence-electron chi connectivity index (χ1n) is 16.2. The molecular weight excluding hydrogens is 596 g/mol. The third kappa shape index (κ3) is 10.1. The van der Waals surface area contributed by atoms with Gasteiger partial charge >= 0.3 is 12.1 Å². The molecule has 1 aliphatic heterocycles. The molecular formula is C37H46N4O6. The van der Waals surface area contributed by atoms with E-state index in [0.717, 1.165) is 27.8 Å². The van der Waals surface area contributed by atoms with Crippen LogP contribution in [0.5, 0.6) is 0 Å². The molecule has 3 aromatic rings. The number of rotatable bonds is 14. The van der Waals surface area contributed by atoms with Crippen LogP contribution in [0.25, 0.3) is 0 Å². The van der Waals surface area contributed by atoms with Gasteiger partial charge in [0.15, 0.2) is 0 Å². The lowest BCUT2D eigenvalue weighted by atomic mass is 9.93. The summed E-state index contributed by atoms with van der Waals surface area (Å²) in [5.74, 6) is -0.989. The molecule has 0 unspecified atom stereocenters. The quantitative estimate of drug-likeness (QED) is 0.203. The lowest BCUT2D eigenvalue weighted by Gasteiger charge is -2.36. The average Bonchev–Trinajstić information content (AvgIpc) is 3.02. The van der Waals surface area contributed by atoms with Crippen molar-refractivity contribution in [2.24, 2.45) is 5.92 Å². The first kappa shape index (κ1) is 35.2. The molecule has 47 heavy (non-hydrogen) atoms. The minimum Gasteiger partial charge on any atom is -0.445 e. The summed E-state index contributed by atoms with van der Waals surface area (Å²) in [5.41, 5.74) is 4.84. The number of aliphatic hydroxyl groups excluding tert-OH is 1. The van der Waals surface area contributed by atoms with E-state index in [2.05, 4.69) is 16.0 Å². The molecule has 1 heterocycles. The number of hydrogen-bond donors (Lipinski definition) is 4. The van der Waals surface area contributed by atoms with E-state index in [-0.39, 0.29) is 43.7 Å². The fourth-order valence-electron chi connectivity index (χ4n) is 6.04. The van der Waals surface area contributed by atoms with Gasteiger partial charge in [-0.25, -0.2) is 9.59 Å². The maximum Gasteiger partial charge on any atom is 0.407 e. The Balaban J connectivity index is 1.53. The van der Waals surface area contributed by atoms with Gasteiger partial charge in [-0.1, -0.05) is 92.7 Å². The summed E-state index contributed by atoms with van der Waals surface area (Å²) in [4.78, 5) is 52.8. The topological polar surface area (TPSA) is 137 Å². The summed E-state index contributed by atoms with van der Waals surface area (Å²) in [5, 5.41) is 20.0. The normalized spacial score (nSPS) is 15.7. The second kappa shape index (κ2) is 16.7. The number of alkyl carbamates (subject to hydrolysis) is 1. The lowest BCUT2D eigenvalue weighted by molar-refractivity contribution is -0.130. The van der Waals surface area contributed by atoms with Crippen molar-refractivity contribution < 1.29 is 29.0 Å². The molecule has 10 nitrogen and oxygen atoms in total. The average molecular weight is 643 g/mol. The van der Waals surface area contributed by atoms with Gasteiger partial charge in [-0.3, -0.25) is 14.9 Å². The molecule has 1 aliphatic rings. The maximum absolute atomic E-state index is 13.8. The number of carbonyl (C=O) groups excluding carboxylic acids is 4. The molecule has 4 atom stereocenters. The Morgan fingerprint density at radius 1 is 0.872 bits per heavy atom. The first-order valence-corrected chi connectivity index (χ1v) is 16.2. The van der Waals surface area contributed by atoms with E-state index >= 15 is 0 Å². The molecule has 0 radical (unpaired) electrons. The predicted molar refractivity (Wildman–Crippen MR) is 179 cm³/mol. The Bertz CT molecular complexity index is 1490. The van der Waals surface area contributed by atoms with E-state index < -0.39 is 36.4 Å². The van der Waals surface area contributed by atoms with Gasteiger partial charge < -0.3 is 25.4 Å². The van der Waals surface area contributed by atoms with Crippen molar-refractivity contribution in [1.82, 2.24) is 20.9 Å². The number of ether oxygens (including phenoxy) is 1. The number of hydrogen-bond acceptors (Lipinski definition) is 6. The van der Waals surface area contributed by atoms with Crippen LogP contribution >= 0.6 is 0 Å². The molecule has 4 N–H and O–H groups in total. The highest BCUT2D eigenvalue weighted by Crippen LogP contribution is 2.19. The fraction of sp³-hybridized carbons (Fsp3) is 0.405. The van der Waals surface area contributed by atoms with Crippen molar-refractivity contribution in [2.45, 2.75) is 84.2 Å². The highest BCUT2D eigenvalue weighted by atomic mass is 16.5. The molecule has 1 saturated heterocycles. The van der Waals surface area contributed by atoms with E-state index in [9.17, 15) is 24.3 Å². The SMILES string of the molecule is Cc1cccc(C)c1COC(=O)N[C@@H](Cc1ccccc1)[C@@H](O)C[C@H](Cc1ccccc1)NC(=O)[C@H](C(C)C)N1CCC(=O)NC1=O. The molecule has 5 amide bonds. The van der Waals surface area contributed by atoms with Gasteiger partial charge in [-0.2, -0.15) is 0 Å². The number of amides is 5. The second-order valence-corrected chi connectivity index (χ2v) is 12.6.